The first-order valence-electron chi connectivity index (χ1n) is 6.77. The molecule has 1 amide bonds. The Morgan fingerprint density at radius 2 is 1.90 bits per heavy atom. The third kappa shape index (κ3) is 3.83. The number of hydrogen-bond donors (Lipinski definition) is 2. The van der Waals surface area contributed by atoms with E-state index in [1.807, 2.05) is 39.8 Å². The van der Waals surface area contributed by atoms with Crippen LogP contribution >= 0.6 is 0 Å². The van der Waals surface area contributed by atoms with Crippen molar-refractivity contribution in [2.75, 3.05) is 0 Å². The van der Waals surface area contributed by atoms with Crippen molar-refractivity contribution in [2.45, 2.75) is 46.6 Å². The van der Waals surface area contributed by atoms with Crippen LogP contribution in [0.25, 0.3) is 0 Å². The van der Waals surface area contributed by atoms with Crippen LogP contribution in [0.15, 0.2) is 18.2 Å². The highest BCUT2D eigenvalue weighted by Gasteiger charge is 2.33. The average Bonchev–Trinajstić information content (AvgIpc) is 2.26. The molecular formula is C16H23NO3. The minimum absolute atomic E-state index is 0.0216. The van der Waals surface area contributed by atoms with Gasteiger partial charge in [-0.1, -0.05) is 31.5 Å². The first kappa shape index (κ1) is 16.2. The van der Waals surface area contributed by atoms with Gasteiger partial charge in [0, 0.05) is 5.56 Å². The summed E-state index contributed by atoms with van der Waals surface area (Å²) in [5, 5.41) is 11.9. The number of rotatable bonds is 5. The molecule has 0 radical (unpaired) electrons. The molecule has 0 aliphatic carbocycles. The lowest BCUT2D eigenvalue weighted by atomic mass is 9.84. The van der Waals surface area contributed by atoms with Gasteiger partial charge in [-0.25, -0.2) is 0 Å². The maximum absolute atomic E-state index is 12.4. The van der Waals surface area contributed by atoms with Crippen LogP contribution in [0.5, 0.6) is 0 Å². The van der Waals surface area contributed by atoms with Crippen molar-refractivity contribution in [3.63, 3.8) is 0 Å². The number of carboxylic acids is 1. The van der Waals surface area contributed by atoms with Gasteiger partial charge in [-0.05, 0) is 38.3 Å². The lowest BCUT2D eigenvalue weighted by Gasteiger charge is -2.33. The fourth-order valence-electron chi connectivity index (χ4n) is 2.10. The van der Waals surface area contributed by atoms with Gasteiger partial charge in [0.2, 0.25) is 0 Å². The Bertz CT molecular complexity index is 522. The van der Waals surface area contributed by atoms with Crippen LogP contribution in [0.2, 0.25) is 0 Å². The minimum atomic E-state index is -0.915. The van der Waals surface area contributed by atoms with Gasteiger partial charge < -0.3 is 10.4 Å². The maximum Gasteiger partial charge on any atom is 0.305 e. The second-order valence-electron chi connectivity index (χ2n) is 5.92. The highest BCUT2D eigenvalue weighted by Crippen LogP contribution is 2.22. The monoisotopic (exact) mass is 277 g/mol. The molecule has 1 aromatic carbocycles. The zero-order valence-electron chi connectivity index (χ0n) is 12.8. The molecule has 0 spiro atoms. The van der Waals surface area contributed by atoms with E-state index in [2.05, 4.69) is 5.32 Å². The third-order valence-corrected chi connectivity index (χ3v) is 3.82. The molecule has 2 N–H and O–H groups in total. The van der Waals surface area contributed by atoms with E-state index < -0.39 is 11.5 Å². The molecule has 1 atom stereocenters. The smallest absolute Gasteiger partial charge is 0.305 e. The second kappa shape index (κ2) is 6.07. The van der Waals surface area contributed by atoms with E-state index in [0.29, 0.717) is 5.56 Å². The van der Waals surface area contributed by atoms with Crippen LogP contribution in [0.3, 0.4) is 0 Å². The van der Waals surface area contributed by atoms with E-state index >= 15 is 0 Å². The quantitative estimate of drug-likeness (QED) is 0.869. The molecule has 0 aromatic heterocycles. The van der Waals surface area contributed by atoms with Gasteiger partial charge >= 0.3 is 5.97 Å². The Morgan fingerprint density at radius 3 is 2.35 bits per heavy atom. The first-order valence-corrected chi connectivity index (χ1v) is 6.77. The number of benzene rings is 1. The van der Waals surface area contributed by atoms with Crippen molar-refractivity contribution in [3.05, 3.63) is 34.9 Å². The lowest BCUT2D eigenvalue weighted by Crippen LogP contribution is -2.51. The van der Waals surface area contributed by atoms with Gasteiger partial charge in [0.15, 0.2) is 0 Å². The maximum atomic E-state index is 12.4. The summed E-state index contributed by atoms with van der Waals surface area (Å²) in [6, 6.07) is 5.60. The predicted molar refractivity (Wildman–Crippen MR) is 78.9 cm³/mol. The Labute approximate surface area is 120 Å². The van der Waals surface area contributed by atoms with E-state index in [1.54, 1.807) is 13.0 Å². The summed E-state index contributed by atoms with van der Waals surface area (Å²) < 4.78 is 0. The van der Waals surface area contributed by atoms with Crippen LogP contribution in [0, 0.1) is 19.8 Å². The number of carbonyl (C=O) groups excluding carboxylic acids is 1. The van der Waals surface area contributed by atoms with Gasteiger partial charge in [-0.15, -0.1) is 0 Å². The van der Waals surface area contributed by atoms with Gasteiger partial charge in [0.1, 0.15) is 0 Å². The Hall–Kier alpha value is -1.84. The number of hydrogen-bond acceptors (Lipinski definition) is 2. The topological polar surface area (TPSA) is 66.4 Å². The van der Waals surface area contributed by atoms with Crippen molar-refractivity contribution < 1.29 is 14.7 Å². The van der Waals surface area contributed by atoms with Gasteiger partial charge in [0.25, 0.3) is 5.91 Å². The highest BCUT2D eigenvalue weighted by molar-refractivity contribution is 5.96. The Balaban J connectivity index is 2.99. The zero-order chi connectivity index (χ0) is 15.5. The highest BCUT2D eigenvalue weighted by atomic mass is 16.4. The number of carboxylic acid groups (broad SMARTS) is 1. The summed E-state index contributed by atoms with van der Waals surface area (Å²) in [6.07, 6.45) is -0.0959. The van der Waals surface area contributed by atoms with Crippen molar-refractivity contribution in [2.24, 2.45) is 5.92 Å². The summed E-state index contributed by atoms with van der Waals surface area (Å²) >= 11 is 0. The predicted octanol–water partition coefficient (Wildman–Crippen LogP) is 2.92. The molecule has 0 heterocycles. The minimum Gasteiger partial charge on any atom is -0.481 e. The van der Waals surface area contributed by atoms with E-state index in [1.165, 1.54) is 0 Å². The van der Waals surface area contributed by atoms with Crippen molar-refractivity contribution in [1.82, 2.24) is 5.32 Å². The SMILES string of the molecule is Cc1ccc(C(=O)NC(C)(CC(=O)O)C(C)C)c(C)c1. The normalized spacial score (nSPS) is 13.9. The molecule has 1 aromatic rings. The zero-order valence-corrected chi connectivity index (χ0v) is 12.8. The number of aryl methyl sites for hydroxylation is 2. The molecule has 110 valence electrons. The number of aliphatic carboxylic acids is 1. The van der Waals surface area contributed by atoms with Gasteiger partial charge in [-0.3, -0.25) is 9.59 Å². The molecule has 20 heavy (non-hydrogen) atoms. The molecule has 0 saturated heterocycles. The first-order chi connectivity index (χ1) is 9.15. The molecule has 0 aliphatic heterocycles. The lowest BCUT2D eigenvalue weighted by molar-refractivity contribution is -0.138. The molecular weight excluding hydrogens is 254 g/mol. The summed E-state index contributed by atoms with van der Waals surface area (Å²) in [5.74, 6) is -1.12. The Kier molecular flexibility index (Phi) is 4.93. The van der Waals surface area contributed by atoms with Crippen LogP contribution in [0.1, 0.15) is 48.7 Å². The summed E-state index contributed by atoms with van der Waals surface area (Å²) in [5.41, 5.74) is 1.81. The van der Waals surface area contributed by atoms with E-state index in [-0.39, 0.29) is 18.2 Å². The molecule has 0 fully saturated rings. The van der Waals surface area contributed by atoms with Gasteiger partial charge in [-0.2, -0.15) is 0 Å². The average molecular weight is 277 g/mol. The molecule has 0 saturated carbocycles. The number of amides is 1. The van der Waals surface area contributed by atoms with Crippen molar-refractivity contribution >= 4 is 11.9 Å². The molecule has 0 bridgehead atoms. The number of nitrogens with one attached hydrogen (secondary N) is 1. The fraction of sp³-hybridized carbons (Fsp3) is 0.500. The van der Waals surface area contributed by atoms with Crippen LogP contribution in [-0.2, 0) is 4.79 Å². The van der Waals surface area contributed by atoms with Crippen LogP contribution in [0.4, 0.5) is 0 Å². The molecule has 4 heteroatoms. The van der Waals surface area contributed by atoms with Crippen LogP contribution in [-0.4, -0.2) is 22.5 Å². The van der Waals surface area contributed by atoms with E-state index in [0.717, 1.165) is 11.1 Å². The van der Waals surface area contributed by atoms with Crippen LogP contribution < -0.4 is 5.32 Å². The van der Waals surface area contributed by atoms with E-state index in [9.17, 15) is 9.59 Å². The Morgan fingerprint density at radius 1 is 1.30 bits per heavy atom. The molecule has 0 aliphatic rings. The molecule has 1 unspecified atom stereocenters. The molecule has 4 nitrogen and oxygen atoms in total. The van der Waals surface area contributed by atoms with Gasteiger partial charge in [0.05, 0.1) is 12.0 Å². The largest absolute Gasteiger partial charge is 0.481 e. The third-order valence-electron chi connectivity index (χ3n) is 3.82. The standard InChI is InChI=1S/C16H23NO3/c1-10(2)16(5,9-14(18)19)17-15(20)13-7-6-11(3)8-12(13)4/h6-8,10H,9H2,1-5H3,(H,17,20)(H,18,19). The summed E-state index contributed by atoms with van der Waals surface area (Å²) in [4.78, 5) is 23.4. The summed E-state index contributed by atoms with van der Waals surface area (Å²) in [7, 11) is 0. The van der Waals surface area contributed by atoms with Crippen molar-refractivity contribution in [1.29, 1.82) is 0 Å². The number of carbonyl (C=O) groups is 2. The summed E-state index contributed by atoms with van der Waals surface area (Å²) in [6.45, 7) is 9.44. The fourth-order valence-corrected chi connectivity index (χ4v) is 2.10. The van der Waals surface area contributed by atoms with Crippen molar-refractivity contribution in [3.8, 4) is 0 Å². The molecule has 1 rings (SSSR count). The van der Waals surface area contributed by atoms with E-state index in [4.69, 9.17) is 5.11 Å². The second-order valence-corrected chi connectivity index (χ2v) is 5.92.